The van der Waals surface area contributed by atoms with Gasteiger partial charge in [-0.2, -0.15) is 0 Å². The summed E-state index contributed by atoms with van der Waals surface area (Å²) in [6.45, 7) is 5.00. The lowest BCUT2D eigenvalue weighted by Crippen LogP contribution is -2.35. The quantitative estimate of drug-likeness (QED) is 0.456. The summed E-state index contributed by atoms with van der Waals surface area (Å²) in [7, 11) is 1.69. The highest BCUT2D eigenvalue weighted by molar-refractivity contribution is 9.11. The number of nitrogens with one attached hydrogen (secondary N) is 1. The molecule has 0 radical (unpaired) electrons. The van der Waals surface area contributed by atoms with Crippen LogP contribution in [-0.4, -0.2) is 43.2 Å². The van der Waals surface area contributed by atoms with Crippen LogP contribution < -0.4 is 5.32 Å². The number of halogens is 1. The molecule has 0 aromatic rings. The van der Waals surface area contributed by atoms with E-state index >= 15 is 0 Å². The van der Waals surface area contributed by atoms with Gasteiger partial charge in [0.15, 0.2) is 5.82 Å². The minimum absolute atomic E-state index is 0.0271. The van der Waals surface area contributed by atoms with Crippen LogP contribution in [0.1, 0.15) is 13.3 Å². The maximum atomic E-state index is 10.8. The van der Waals surface area contributed by atoms with Gasteiger partial charge in [-0.05, 0) is 13.3 Å². The Morgan fingerprint density at radius 2 is 2.41 bits per heavy atom. The van der Waals surface area contributed by atoms with Crippen LogP contribution in [0.15, 0.2) is 10.4 Å². The molecule has 7 heteroatoms. The van der Waals surface area contributed by atoms with Gasteiger partial charge in [0.2, 0.25) is 0 Å². The molecule has 0 spiro atoms. The predicted molar refractivity (Wildman–Crippen MR) is 68.2 cm³/mol. The van der Waals surface area contributed by atoms with E-state index in [0.29, 0.717) is 11.7 Å². The fourth-order valence-corrected chi connectivity index (χ4v) is 2.34. The van der Waals surface area contributed by atoms with Gasteiger partial charge in [0, 0.05) is 48.6 Å². The van der Waals surface area contributed by atoms with Gasteiger partial charge in [-0.15, -0.1) is 0 Å². The van der Waals surface area contributed by atoms with E-state index in [0.717, 1.165) is 32.7 Å². The minimum Gasteiger partial charge on any atom is -0.381 e. The summed E-state index contributed by atoms with van der Waals surface area (Å²) in [6, 6.07) is 0. The molecule has 1 rings (SSSR count). The maximum Gasteiger partial charge on any atom is 0.350 e. The van der Waals surface area contributed by atoms with Crippen LogP contribution >= 0.6 is 15.9 Å². The molecule has 98 valence electrons. The maximum absolute atomic E-state index is 10.8. The molecule has 1 aliphatic rings. The molecule has 1 heterocycles. The van der Waals surface area contributed by atoms with Crippen molar-refractivity contribution in [2.45, 2.75) is 13.3 Å². The average Bonchev–Trinajstić information content (AvgIpc) is 2.81. The first-order chi connectivity index (χ1) is 8.10. The van der Waals surface area contributed by atoms with E-state index in [1.165, 1.54) is 0 Å². The zero-order valence-electron chi connectivity index (χ0n) is 10.1. The Hall–Kier alpha value is -0.820. The lowest BCUT2D eigenvalue weighted by Gasteiger charge is -2.26. The van der Waals surface area contributed by atoms with Crippen LogP contribution in [0, 0.1) is 16.0 Å². The van der Waals surface area contributed by atoms with Crippen LogP contribution in [0.3, 0.4) is 0 Å². The van der Waals surface area contributed by atoms with Crippen molar-refractivity contribution in [3.05, 3.63) is 20.5 Å². The second-order valence-electron chi connectivity index (χ2n) is 3.91. The normalized spacial score (nSPS) is 21.0. The van der Waals surface area contributed by atoms with Crippen molar-refractivity contribution in [2.24, 2.45) is 5.92 Å². The van der Waals surface area contributed by atoms with E-state index in [1.807, 2.05) is 11.8 Å². The Kier molecular flexibility index (Phi) is 5.70. The molecule has 0 aromatic carbocycles. The summed E-state index contributed by atoms with van der Waals surface area (Å²) < 4.78 is 5.29. The van der Waals surface area contributed by atoms with Crippen LogP contribution in [-0.2, 0) is 4.74 Å². The lowest BCUT2D eigenvalue weighted by molar-refractivity contribution is -0.411. The van der Waals surface area contributed by atoms with Crippen molar-refractivity contribution >= 4 is 15.9 Å². The Bertz CT molecular complexity index is 303. The van der Waals surface area contributed by atoms with Crippen molar-refractivity contribution < 1.29 is 9.66 Å². The van der Waals surface area contributed by atoms with Crippen molar-refractivity contribution in [2.75, 3.05) is 33.4 Å². The van der Waals surface area contributed by atoms with Crippen LogP contribution in [0.2, 0.25) is 0 Å². The number of hydrogen-bond acceptors (Lipinski definition) is 5. The molecule has 1 aliphatic heterocycles. The van der Waals surface area contributed by atoms with Gasteiger partial charge >= 0.3 is 4.61 Å². The van der Waals surface area contributed by atoms with E-state index in [2.05, 4.69) is 21.2 Å². The summed E-state index contributed by atoms with van der Waals surface area (Å²) in [5.74, 6) is 0.967. The highest BCUT2D eigenvalue weighted by atomic mass is 79.9. The first kappa shape index (κ1) is 14.2. The number of nitro groups is 1. The smallest absolute Gasteiger partial charge is 0.350 e. The van der Waals surface area contributed by atoms with Crippen molar-refractivity contribution in [3.63, 3.8) is 0 Å². The Balaban J connectivity index is 2.75. The minimum atomic E-state index is -0.431. The molecule has 0 amide bonds. The Morgan fingerprint density at radius 3 is 2.82 bits per heavy atom. The second kappa shape index (κ2) is 6.80. The predicted octanol–water partition coefficient (Wildman–Crippen LogP) is 1.36. The molecule has 1 N–H and O–H groups in total. The van der Waals surface area contributed by atoms with Crippen LogP contribution in [0.25, 0.3) is 0 Å². The molecule has 0 bridgehead atoms. The third kappa shape index (κ3) is 3.85. The first-order valence-corrected chi connectivity index (χ1v) is 6.44. The monoisotopic (exact) mass is 307 g/mol. The molecule has 1 unspecified atom stereocenters. The fraction of sp³-hybridized carbons (Fsp3) is 0.800. The molecule has 0 aliphatic carbocycles. The number of hydrogen-bond donors (Lipinski definition) is 1. The fourth-order valence-electron chi connectivity index (χ4n) is 1.90. The number of rotatable bonds is 6. The topological polar surface area (TPSA) is 67.6 Å². The summed E-state index contributed by atoms with van der Waals surface area (Å²) in [5.41, 5.74) is 0. The zero-order chi connectivity index (χ0) is 12.8. The standard InChI is InChI=1S/C10H18BrN3O3/c1-3-13(6-8-4-5-17-7-8)10(12-2)9(11)14(15)16/h8,12H,3-7H2,1-2H3. The molecule has 6 nitrogen and oxygen atoms in total. The van der Waals surface area contributed by atoms with Crippen LogP contribution in [0.4, 0.5) is 0 Å². The largest absolute Gasteiger partial charge is 0.381 e. The van der Waals surface area contributed by atoms with E-state index in [1.54, 1.807) is 7.05 Å². The van der Waals surface area contributed by atoms with Crippen molar-refractivity contribution in [1.29, 1.82) is 0 Å². The first-order valence-electron chi connectivity index (χ1n) is 5.64. The molecule has 0 aromatic heterocycles. The highest BCUT2D eigenvalue weighted by Crippen LogP contribution is 2.19. The van der Waals surface area contributed by atoms with Crippen LogP contribution in [0.5, 0.6) is 0 Å². The Labute approximate surface area is 109 Å². The zero-order valence-corrected chi connectivity index (χ0v) is 11.7. The second-order valence-corrected chi connectivity index (χ2v) is 4.67. The number of nitrogens with zero attached hydrogens (tertiary/aromatic N) is 2. The summed E-state index contributed by atoms with van der Waals surface area (Å²) in [5, 5.41) is 13.7. The van der Waals surface area contributed by atoms with Gasteiger partial charge in [-0.25, -0.2) is 0 Å². The van der Waals surface area contributed by atoms with E-state index in [-0.39, 0.29) is 4.61 Å². The lowest BCUT2D eigenvalue weighted by atomic mass is 10.1. The molecular weight excluding hydrogens is 290 g/mol. The number of ether oxygens (including phenoxy) is 1. The molecule has 1 atom stereocenters. The van der Waals surface area contributed by atoms with Crippen molar-refractivity contribution in [1.82, 2.24) is 10.2 Å². The summed E-state index contributed by atoms with van der Waals surface area (Å²) in [4.78, 5) is 12.3. The molecular formula is C10H18BrN3O3. The van der Waals surface area contributed by atoms with Gasteiger partial charge in [0.05, 0.1) is 11.5 Å². The summed E-state index contributed by atoms with van der Waals surface area (Å²) in [6.07, 6.45) is 1.02. The third-order valence-electron chi connectivity index (χ3n) is 2.79. The molecule has 0 saturated carbocycles. The van der Waals surface area contributed by atoms with Gasteiger partial charge in [-0.3, -0.25) is 10.1 Å². The molecule has 1 fully saturated rings. The highest BCUT2D eigenvalue weighted by Gasteiger charge is 2.24. The molecule has 1 saturated heterocycles. The van der Waals surface area contributed by atoms with Gasteiger partial charge < -0.3 is 15.0 Å². The van der Waals surface area contributed by atoms with E-state index < -0.39 is 4.92 Å². The SMILES string of the molecule is CCN(CC1CCOC1)C(NC)=C(Br)[N+](=O)[O-]. The third-order valence-corrected chi connectivity index (χ3v) is 3.46. The van der Waals surface area contributed by atoms with Crippen molar-refractivity contribution in [3.8, 4) is 0 Å². The van der Waals surface area contributed by atoms with Gasteiger partial charge in [0.1, 0.15) is 0 Å². The average molecular weight is 308 g/mol. The van der Waals surface area contributed by atoms with E-state index in [9.17, 15) is 10.1 Å². The van der Waals surface area contributed by atoms with Gasteiger partial charge in [0.25, 0.3) is 0 Å². The van der Waals surface area contributed by atoms with E-state index in [4.69, 9.17) is 4.74 Å². The summed E-state index contributed by atoms with van der Waals surface area (Å²) >= 11 is 3.00. The molecule has 17 heavy (non-hydrogen) atoms. The Morgan fingerprint density at radius 1 is 1.71 bits per heavy atom. The van der Waals surface area contributed by atoms with Gasteiger partial charge in [-0.1, -0.05) is 0 Å².